The van der Waals surface area contributed by atoms with Crippen LogP contribution in [0.15, 0.2) is 30.7 Å². The van der Waals surface area contributed by atoms with Gasteiger partial charge < -0.3 is 14.8 Å². The van der Waals surface area contributed by atoms with E-state index >= 15 is 0 Å². The number of hydrogen-bond donors (Lipinski definition) is 1. The van der Waals surface area contributed by atoms with Crippen molar-refractivity contribution in [2.75, 3.05) is 13.1 Å². The first kappa shape index (κ1) is 14.6. The van der Waals surface area contributed by atoms with Crippen LogP contribution in [-0.4, -0.2) is 38.6 Å². The lowest BCUT2D eigenvalue weighted by Gasteiger charge is -2.17. The lowest BCUT2D eigenvalue weighted by Crippen LogP contribution is -2.38. The highest BCUT2D eigenvalue weighted by molar-refractivity contribution is 5.74. The average Bonchev–Trinajstić information content (AvgIpc) is 3.14. The van der Waals surface area contributed by atoms with E-state index in [0.717, 1.165) is 36.6 Å². The normalized spacial score (nSPS) is 17.7. The molecule has 0 spiro atoms. The van der Waals surface area contributed by atoms with Gasteiger partial charge in [0, 0.05) is 56.9 Å². The highest BCUT2D eigenvalue weighted by Crippen LogP contribution is 2.25. The Morgan fingerprint density at radius 1 is 1.41 bits per heavy atom. The van der Waals surface area contributed by atoms with Crippen molar-refractivity contribution in [1.29, 1.82) is 0 Å². The SMILES string of the molecule is Cc1ncccc1CNC(=O)N1CCC(c2nccn2C)C1. The number of pyridine rings is 1. The number of rotatable bonds is 3. The summed E-state index contributed by atoms with van der Waals surface area (Å²) in [5, 5.41) is 2.98. The number of aryl methyl sites for hydroxylation is 2. The minimum Gasteiger partial charge on any atom is -0.338 e. The molecule has 0 aliphatic carbocycles. The maximum absolute atomic E-state index is 12.3. The largest absolute Gasteiger partial charge is 0.338 e. The van der Waals surface area contributed by atoms with E-state index in [4.69, 9.17) is 0 Å². The van der Waals surface area contributed by atoms with Crippen LogP contribution in [0, 0.1) is 6.92 Å². The van der Waals surface area contributed by atoms with Crippen LogP contribution in [0.4, 0.5) is 4.79 Å². The zero-order valence-electron chi connectivity index (χ0n) is 13.0. The zero-order chi connectivity index (χ0) is 15.5. The molecule has 1 aliphatic heterocycles. The lowest BCUT2D eigenvalue weighted by molar-refractivity contribution is 0.207. The van der Waals surface area contributed by atoms with Crippen LogP contribution in [-0.2, 0) is 13.6 Å². The van der Waals surface area contributed by atoms with Gasteiger partial charge in [0.25, 0.3) is 0 Å². The van der Waals surface area contributed by atoms with E-state index in [1.165, 1.54) is 0 Å². The molecule has 22 heavy (non-hydrogen) atoms. The van der Waals surface area contributed by atoms with Gasteiger partial charge >= 0.3 is 6.03 Å². The van der Waals surface area contributed by atoms with Gasteiger partial charge in [0.05, 0.1) is 0 Å². The molecule has 6 nitrogen and oxygen atoms in total. The monoisotopic (exact) mass is 299 g/mol. The van der Waals surface area contributed by atoms with E-state index in [2.05, 4.69) is 15.3 Å². The third-order valence-corrected chi connectivity index (χ3v) is 4.25. The summed E-state index contributed by atoms with van der Waals surface area (Å²) in [6, 6.07) is 3.87. The Morgan fingerprint density at radius 2 is 2.27 bits per heavy atom. The number of amides is 2. The number of hydrogen-bond acceptors (Lipinski definition) is 3. The van der Waals surface area contributed by atoms with E-state index in [9.17, 15) is 4.79 Å². The molecule has 116 valence electrons. The Morgan fingerprint density at radius 3 is 3.00 bits per heavy atom. The fourth-order valence-corrected chi connectivity index (χ4v) is 2.91. The summed E-state index contributed by atoms with van der Waals surface area (Å²) in [6.45, 7) is 3.97. The third kappa shape index (κ3) is 2.95. The number of carbonyl (C=O) groups excluding carboxylic acids is 1. The Hall–Kier alpha value is -2.37. The first-order chi connectivity index (χ1) is 10.6. The first-order valence-electron chi connectivity index (χ1n) is 7.55. The molecule has 6 heteroatoms. The Kier molecular flexibility index (Phi) is 4.09. The van der Waals surface area contributed by atoms with Gasteiger partial charge in [-0.05, 0) is 25.0 Å². The molecule has 0 aromatic carbocycles. The van der Waals surface area contributed by atoms with Gasteiger partial charge in [0.15, 0.2) is 0 Å². The molecular weight excluding hydrogens is 278 g/mol. The minimum absolute atomic E-state index is 0.0139. The molecule has 2 aromatic heterocycles. The molecule has 3 rings (SSSR count). The van der Waals surface area contributed by atoms with Crippen molar-refractivity contribution in [2.24, 2.45) is 7.05 Å². The Labute approximate surface area is 130 Å². The van der Waals surface area contributed by atoms with Crippen molar-refractivity contribution in [3.8, 4) is 0 Å². The summed E-state index contributed by atoms with van der Waals surface area (Å²) >= 11 is 0. The maximum Gasteiger partial charge on any atom is 0.317 e. The van der Waals surface area contributed by atoms with Gasteiger partial charge in [0.2, 0.25) is 0 Å². The maximum atomic E-state index is 12.3. The zero-order valence-corrected chi connectivity index (χ0v) is 13.0. The molecule has 2 aromatic rings. The molecule has 1 atom stereocenters. The van der Waals surface area contributed by atoms with Crippen molar-refractivity contribution in [3.63, 3.8) is 0 Å². The predicted molar refractivity (Wildman–Crippen MR) is 83.3 cm³/mol. The van der Waals surface area contributed by atoms with E-state index in [0.29, 0.717) is 12.5 Å². The number of likely N-dealkylation sites (tertiary alicyclic amines) is 1. The highest BCUT2D eigenvalue weighted by Gasteiger charge is 2.29. The number of carbonyl (C=O) groups is 1. The first-order valence-corrected chi connectivity index (χ1v) is 7.55. The molecule has 1 fully saturated rings. The molecule has 1 aliphatic rings. The van der Waals surface area contributed by atoms with Crippen molar-refractivity contribution >= 4 is 6.03 Å². The Bertz CT molecular complexity index is 666. The fraction of sp³-hybridized carbons (Fsp3) is 0.438. The fourth-order valence-electron chi connectivity index (χ4n) is 2.91. The molecule has 3 heterocycles. The quantitative estimate of drug-likeness (QED) is 0.940. The molecular formula is C16H21N5O. The second kappa shape index (κ2) is 6.17. The molecule has 1 N–H and O–H groups in total. The van der Waals surface area contributed by atoms with Gasteiger partial charge in [-0.25, -0.2) is 9.78 Å². The highest BCUT2D eigenvalue weighted by atomic mass is 16.2. The van der Waals surface area contributed by atoms with E-state index in [-0.39, 0.29) is 6.03 Å². The van der Waals surface area contributed by atoms with Gasteiger partial charge in [-0.3, -0.25) is 4.98 Å². The van der Waals surface area contributed by atoms with Crippen LogP contribution in [0.1, 0.15) is 29.4 Å². The number of aromatic nitrogens is 3. The van der Waals surface area contributed by atoms with Gasteiger partial charge in [-0.15, -0.1) is 0 Å². The number of imidazole rings is 1. The number of nitrogens with one attached hydrogen (secondary N) is 1. The standard InChI is InChI=1S/C16H21N5O/c1-12-13(4-3-6-17-12)10-19-16(22)21-8-5-14(11-21)15-18-7-9-20(15)2/h3-4,6-7,9,14H,5,8,10-11H2,1-2H3,(H,19,22). The Balaban J connectivity index is 1.56. The predicted octanol–water partition coefficient (Wildman–Crippen LogP) is 1.82. The summed E-state index contributed by atoms with van der Waals surface area (Å²) in [5.41, 5.74) is 2.01. The summed E-state index contributed by atoms with van der Waals surface area (Å²) in [6.07, 6.45) is 6.48. The summed E-state index contributed by atoms with van der Waals surface area (Å²) in [7, 11) is 2.00. The van der Waals surface area contributed by atoms with Crippen LogP contribution in [0.3, 0.4) is 0 Å². The molecule has 2 amide bonds. The lowest BCUT2D eigenvalue weighted by atomic mass is 10.1. The van der Waals surface area contributed by atoms with E-state index in [1.807, 2.05) is 48.0 Å². The second-order valence-electron chi connectivity index (χ2n) is 5.73. The summed E-state index contributed by atoms with van der Waals surface area (Å²) in [4.78, 5) is 22.8. The molecule has 0 saturated carbocycles. The number of urea groups is 1. The van der Waals surface area contributed by atoms with Crippen LogP contribution in [0.2, 0.25) is 0 Å². The molecule has 1 unspecified atom stereocenters. The molecule has 0 radical (unpaired) electrons. The van der Waals surface area contributed by atoms with Gasteiger partial charge in [0.1, 0.15) is 5.82 Å². The van der Waals surface area contributed by atoms with E-state index < -0.39 is 0 Å². The molecule has 1 saturated heterocycles. The smallest absolute Gasteiger partial charge is 0.317 e. The molecule has 0 bridgehead atoms. The van der Waals surface area contributed by atoms with E-state index in [1.54, 1.807) is 6.20 Å². The van der Waals surface area contributed by atoms with Crippen molar-refractivity contribution < 1.29 is 4.79 Å². The topological polar surface area (TPSA) is 63.1 Å². The second-order valence-corrected chi connectivity index (χ2v) is 5.73. The average molecular weight is 299 g/mol. The number of nitrogens with zero attached hydrogens (tertiary/aromatic N) is 4. The third-order valence-electron chi connectivity index (χ3n) is 4.25. The van der Waals surface area contributed by atoms with Gasteiger partial charge in [-0.2, -0.15) is 0 Å². The van der Waals surface area contributed by atoms with Crippen molar-refractivity contribution in [2.45, 2.75) is 25.8 Å². The summed E-state index contributed by atoms with van der Waals surface area (Å²) in [5.74, 6) is 1.38. The van der Waals surface area contributed by atoms with Crippen molar-refractivity contribution in [3.05, 3.63) is 47.8 Å². The van der Waals surface area contributed by atoms with Gasteiger partial charge in [-0.1, -0.05) is 6.07 Å². The minimum atomic E-state index is -0.0139. The van der Waals surface area contributed by atoms with Crippen LogP contribution in [0.25, 0.3) is 0 Å². The van der Waals surface area contributed by atoms with Crippen LogP contribution < -0.4 is 5.32 Å². The van der Waals surface area contributed by atoms with Crippen LogP contribution >= 0.6 is 0 Å². The van der Waals surface area contributed by atoms with Crippen LogP contribution in [0.5, 0.6) is 0 Å². The summed E-state index contributed by atoms with van der Waals surface area (Å²) < 4.78 is 2.03. The van der Waals surface area contributed by atoms with Crippen molar-refractivity contribution in [1.82, 2.24) is 24.8 Å².